The molecular weight excluding hydrogens is 395 g/mol. The third-order valence-corrected chi connectivity index (χ3v) is 4.31. The van der Waals surface area contributed by atoms with Crippen molar-refractivity contribution in [2.45, 2.75) is 18.5 Å². The van der Waals surface area contributed by atoms with E-state index in [-0.39, 0.29) is 11.1 Å². The molecule has 0 spiro atoms. The molecule has 29 heavy (non-hydrogen) atoms. The lowest BCUT2D eigenvalue weighted by molar-refractivity contribution is -0.137. The maximum Gasteiger partial charge on any atom is 0.416 e. The summed E-state index contributed by atoms with van der Waals surface area (Å²) in [5.41, 5.74) is -1.48. The fraction of sp³-hybridized carbons (Fsp3) is 0.150. The van der Waals surface area contributed by atoms with Crippen molar-refractivity contribution < 1.29 is 26.7 Å². The third kappa shape index (κ3) is 4.74. The summed E-state index contributed by atoms with van der Waals surface area (Å²) in [6, 6.07) is 7.81. The number of carbonyl (C=O) groups is 1. The van der Waals surface area contributed by atoms with Crippen LogP contribution in [0.4, 0.5) is 22.0 Å². The van der Waals surface area contributed by atoms with Crippen molar-refractivity contribution in [3.8, 4) is 0 Å². The molecule has 0 aliphatic carbocycles. The average Bonchev–Trinajstić information content (AvgIpc) is 2.68. The SMILES string of the molecule is O=C(C[C@@H](c1ccc(C(F)(F)F)cc1)c1nc(F)ccc1F)c1ccc(=O)[nH]c1. The van der Waals surface area contributed by atoms with Crippen molar-refractivity contribution in [1.29, 1.82) is 0 Å². The molecule has 0 saturated carbocycles. The van der Waals surface area contributed by atoms with E-state index >= 15 is 0 Å². The number of hydrogen-bond acceptors (Lipinski definition) is 3. The molecule has 150 valence electrons. The Morgan fingerprint density at radius 3 is 2.28 bits per heavy atom. The molecule has 3 aromatic rings. The number of aromatic amines is 1. The van der Waals surface area contributed by atoms with Gasteiger partial charge in [-0.3, -0.25) is 9.59 Å². The lowest BCUT2D eigenvalue weighted by Crippen LogP contribution is -2.15. The zero-order valence-electron chi connectivity index (χ0n) is 14.6. The molecule has 1 aromatic carbocycles. The molecular formula is C20H13F5N2O2. The fourth-order valence-electron chi connectivity index (χ4n) is 2.84. The lowest BCUT2D eigenvalue weighted by atomic mass is 9.88. The molecule has 9 heteroatoms. The minimum absolute atomic E-state index is 0.110. The van der Waals surface area contributed by atoms with Gasteiger partial charge in [-0.1, -0.05) is 12.1 Å². The van der Waals surface area contributed by atoms with E-state index in [2.05, 4.69) is 9.97 Å². The highest BCUT2D eigenvalue weighted by Gasteiger charge is 2.31. The largest absolute Gasteiger partial charge is 0.416 e. The highest BCUT2D eigenvalue weighted by Crippen LogP contribution is 2.34. The lowest BCUT2D eigenvalue weighted by Gasteiger charge is -2.18. The number of halogens is 5. The molecule has 3 rings (SSSR count). The highest BCUT2D eigenvalue weighted by atomic mass is 19.4. The Bertz CT molecular complexity index is 1070. The third-order valence-electron chi connectivity index (χ3n) is 4.31. The van der Waals surface area contributed by atoms with Crippen molar-refractivity contribution in [2.24, 2.45) is 0 Å². The van der Waals surface area contributed by atoms with E-state index in [0.717, 1.165) is 42.5 Å². The second-order valence-electron chi connectivity index (χ2n) is 6.24. The predicted octanol–water partition coefficient (Wildman–Crippen LogP) is 4.47. The van der Waals surface area contributed by atoms with Gasteiger partial charge >= 0.3 is 6.18 Å². The number of aromatic nitrogens is 2. The molecule has 0 unspecified atom stereocenters. The number of H-pyrrole nitrogens is 1. The summed E-state index contributed by atoms with van der Waals surface area (Å²) in [6.07, 6.45) is -3.79. The van der Waals surface area contributed by atoms with E-state index in [0.29, 0.717) is 0 Å². The first-order chi connectivity index (χ1) is 13.6. The van der Waals surface area contributed by atoms with E-state index in [1.165, 1.54) is 12.3 Å². The van der Waals surface area contributed by atoms with E-state index in [1.54, 1.807) is 0 Å². The number of Topliss-reactive ketones (excluding diaryl/α,β-unsaturated/α-hetero) is 1. The smallest absolute Gasteiger partial charge is 0.328 e. The van der Waals surface area contributed by atoms with Crippen molar-refractivity contribution in [3.05, 3.63) is 99.2 Å². The highest BCUT2D eigenvalue weighted by molar-refractivity contribution is 5.96. The van der Waals surface area contributed by atoms with Crippen LogP contribution in [-0.4, -0.2) is 15.8 Å². The van der Waals surface area contributed by atoms with Crippen LogP contribution in [0.5, 0.6) is 0 Å². The first-order valence-electron chi connectivity index (χ1n) is 8.36. The standard InChI is InChI=1S/C20H13F5N2O2/c21-15-6-7-17(22)27-19(15)14(9-16(28)12-3-8-18(29)26-10-12)11-1-4-13(5-2-11)20(23,24)25/h1-8,10,14H,9H2,(H,26,29)/t14-/m0/s1. The van der Waals surface area contributed by atoms with Crippen LogP contribution in [0, 0.1) is 11.8 Å². The van der Waals surface area contributed by atoms with Gasteiger partial charge in [0.25, 0.3) is 0 Å². The molecule has 1 N–H and O–H groups in total. The number of pyridine rings is 2. The molecule has 2 aromatic heterocycles. The van der Waals surface area contributed by atoms with Crippen molar-refractivity contribution in [3.63, 3.8) is 0 Å². The number of benzene rings is 1. The van der Waals surface area contributed by atoms with E-state index in [9.17, 15) is 31.5 Å². The first kappa shape index (κ1) is 20.4. The maximum absolute atomic E-state index is 14.3. The van der Waals surface area contributed by atoms with Gasteiger partial charge in [0.1, 0.15) is 5.82 Å². The summed E-state index contributed by atoms with van der Waals surface area (Å²) >= 11 is 0. The quantitative estimate of drug-likeness (QED) is 0.385. The number of ketones is 1. The molecule has 0 radical (unpaired) electrons. The number of rotatable bonds is 5. The van der Waals surface area contributed by atoms with Crippen molar-refractivity contribution in [1.82, 2.24) is 9.97 Å². The molecule has 0 aliphatic heterocycles. The van der Waals surface area contributed by atoms with Gasteiger partial charge in [-0.15, -0.1) is 0 Å². The molecule has 0 bridgehead atoms. The monoisotopic (exact) mass is 408 g/mol. The Balaban J connectivity index is 2.02. The molecule has 4 nitrogen and oxygen atoms in total. The van der Waals surface area contributed by atoms with Crippen LogP contribution < -0.4 is 5.56 Å². The molecule has 1 atom stereocenters. The number of nitrogens with one attached hydrogen (secondary N) is 1. The fourth-order valence-corrected chi connectivity index (χ4v) is 2.84. The summed E-state index contributed by atoms with van der Waals surface area (Å²) in [5.74, 6) is -3.55. The van der Waals surface area contributed by atoms with E-state index < -0.39 is 52.9 Å². The molecule has 0 aliphatic rings. The van der Waals surface area contributed by atoms with Crippen LogP contribution in [-0.2, 0) is 6.18 Å². The molecule has 0 fully saturated rings. The second-order valence-corrected chi connectivity index (χ2v) is 6.24. The van der Waals surface area contributed by atoms with Crippen LogP contribution in [0.15, 0.2) is 59.5 Å². The van der Waals surface area contributed by atoms with Crippen LogP contribution in [0.3, 0.4) is 0 Å². The zero-order chi connectivity index (χ0) is 21.2. The average molecular weight is 408 g/mol. The van der Waals surface area contributed by atoms with Gasteiger partial charge in [0.2, 0.25) is 11.5 Å². The van der Waals surface area contributed by atoms with Gasteiger partial charge in [-0.05, 0) is 35.9 Å². The van der Waals surface area contributed by atoms with Gasteiger partial charge < -0.3 is 4.98 Å². The summed E-state index contributed by atoms with van der Waals surface area (Å²) < 4.78 is 66.4. The molecule has 0 saturated heterocycles. The minimum atomic E-state index is -4.57. The Labute approximate surface area is 161 Å². The molecule has 0 amide bonds. The maximum atomic E-state index is 14.3. The predicted molar refractivity (Wildman–Crippen MR) is 93.5 cm³/mol. The molecule has 2 heterocycles. The van der Waals surface area contributed by atoms with Gasteiger partial charge in [0, 0.05) is 30.2 Å². The normalized spacial score (nSPS) is 12.6. The number of nitrogens with zero attached hydrogens (tertiary/aromatic N) is 1. The van der Waals surface area contributed by atoms with E-state index in [1.807, 2.05) is 0 Å². The van der Waals surface area contributed by atoms with Gasteiger partial charge in [0.15, 0.2) is 5.78 Å². The Kier molecular flexibility index (Phi) is 5.58. The summed E-state index contributed by atoms with van der Waals surface area (Å²) in [7, 11) is 0. The summed E-state index contributed by atoms with van der Waals surface area (Å²) in [4.78, 5) is 29.6. The second kappa shape index (κ2) is 7.94. The number of alkyl halides is 3. The van der Waals surface area contributed by atoms with Gasteiger partial charge in [-0.2, -0.15) is 17.6 Å². The number of carbonyl (C=O) groups excluding carboxylic acids is 1. The zero-order valence-corrected chi connectivity index (χ0v) is 14.6. The van der Waals surface area contributed by atoms with Gasteiger partial charge in [0.05, 0.1) is 11.3 Å². The van der Waals surface area contributed by atoms with Crippen LogP contribution in [0.1, 0.15) is 39.5 Å². The van der Waals surface area contributed by atoms with Crippen LogP contribution in [0.2, 0.25) is 0 Å². The minimum Gasteiger partial charge on any atom is -0.328 e. The summed E-state index contributed by atoms with van der Waals surface area (Å²) in [6.45, 7) is 0. The number of hydrogen-bond donors (Lipinski definition) is 1. The van der Waals surface area contributed by atoms with Crippen molar-refractivity contribution in [2.75, 3.05) is 0 Å². The van der Waals surface area contributed by atoms with Crippen LogP contribution in [0.25, 0.3) is 0 Å². The Morgan fingerprint density at radius 2 is 1.69 bits per heavy atom. The topological polar surface area (TPSA) is 62.8 Å². The Morgan fingerprint density at radius 1 is 1.00 bits per heavy atom. The summed E-state index contributed by atoms with van der Waals surface area (Å²) in [5, 5.41) is 0. The van der Waals surface area contributed by atoms with E-state index in [4.69, 9.17) is 0 Å². The van der Waals surface area contributed by atoms with Crippen LogP contribution >= 0.6 is 0 Å². The van der Waals surface area contributed by atoms with Gasteiger partial charge in [-0.25, -0.2) is 9.37 Å². The first-order valence-corrected chi connectivity index (χ1v) is 8.36. The van der Waals surface area contributed by atoms with Crippen molar-refractivity contribution >= 4 is 5.78 Å². The Hall–Kier alpha value is -3.36.